The smallest absolute Gasteiger partial charge is 0.126 e. The van der Waals surface area contributed by atoms with Crippen molar-refractivity contribution in [2.24, 2.45) is 0 Å². The highest BCUT2D eigenvalue weighted by atomic mass is 32.1. The summed E-state index contributed by atoms with van der Waals surface area (Å²) >= 11 is 9.34. The summed E-state index contributed by atoms with van der Waals surface area (Å²) in [5.74, 6) is 0.934. The molecular formula is C14H27BNS2. The molecule has 1 nitrogen and oxygen atoms in total. The fraction of sp³-hybridized carbons (Fsp3) is 0.786. The predicted octanol–water partition coefficient (Wildman–Crippen LogP) is 4.59. The third-order valence-electron chi connectivity index (χ3n) is 3.79. The van der Waals surface area contributed by atoms with Gasteiger partial charge in [-0.2, -0.15) is 12.6 Å². The van der Waals surface area contributed by atoms with Gasteiger partial charge in [0.15, 0.2) is 0 Å². The van der Waals surface area contributed by atoms with Crippen LogP contribution in [0.25, 0.3) is 0 Å². The third-order valence-corrected chi connectivity index (χ3v) is 4.78. The predicted molar refractivity (Wildman–Crippen MR) is 92.1 cm³/mol. The second-order valence-corrected chi connectivity index (χ2v) is 5.75. The minimum Gasteiger partial charge on any atom is -0.348 e. The zero-order chi connectivity index (χ0) is 14.4. The molecule has 0 saturated carbocycles. The van der Waals surface area contributed by atoms with E-state index in [4.69, 9.17) is 12.2 Å². The minimum absolute atomic E-state index is 0.306. The Morgan fingerprint density at radius 1 is 1.33 bits per heavy atom. The second kappa shape index (κ2) is 7.59. The van der Waals surface area contributed by atoms with Crippen LogP contribution in [0.1, 0.15) is 47.5 Å². The lowest BCUT2D eigenvalue weighted by Gasteiger charge is -2.21. The quantitative estimate of drug-likeness (QED) is 0.432. The highest BCUT2D eigenvalue weighted by molar-refractivity contribution is 7.80. The first-order chi connectivity index (χ1) is 8.40. The zero-order valence-electron chi connectivity index (χ0n) is 12.7. The summed E-state index contributed by atoms with van der Waals surface area (Å²) < 4.78 is 0. The molecule has 0 amide bonds. The van der Waals surface area contributed by atoms with Gasteiger partial charge in [-0.05, 0) is 18.6 Å². The van der Waals surface area contributed by atoms with Crippen molar-refractivity contribution < 1.29 is 0 Å². The number of hydrogen-bond acceptors (Lipinski definition) is 2. The summed E-state index contributed by atoms with van der Waals surface area (Å²) in [6.07, 6.45) is 4.36. The summed E-state index contributed by atoms with van der Waals surface area (Å²) in [4.78, 5) is 1.96. The summed E-state index contributed by atoms with van der Waals surface area (Å²) in [6, 6.07) is 0. The van der Waals surface area contributed by atoms with E-state index >= 15 is 0 Å². The van der Waals surface area contributed by atoms with Crippen molar-refractivity contribution in [2.75, 3.05) is 12.8 Å². The molecule has 0 bridgehead atoms. The highest BCUT2D eigenvalue weighted by Crippen LogP contribution is 2.71. The largest absolute Gasteiger partial charge is 0.348 e. The molecule has 1 rings (SSSR count). The van der Waals surface area contributed by atoms with Crippen LogP contribution in [0.2, 0.25) is 10.6 Å². The van der Waals surface area contributed by atoms with Crippen molar-refractivity contribution in [1.82, 2.24) is 4.90 Å². The monoisotopic (exact) mass is 284 g/mol. The van der Waals surface area contributed by atoms with Crippen LogP contribution < -0.4 is 0 Å². The number of allylic oxidation sites excluding steroid dienone is 1. The summed E-state index contributed by atoms with van der Waals surface area (Å²) in [5, 5.41) is 0.625. The molecule has 0 aromatic rings. The Labute approximate surface area is 125 Å². The lowest BCUT2D eigenvalue weighted by atomic mass is 9.83. The van der Waals surface area contributed by atoms with Gasteiger partial charge in [-0.3, -0.25) is 0 Å². The zero-order valence-corrected chi connectivity index (χ0v) is 14.4. The first-order valence-electron chi connectivity index (χ1n) is 6.75. The van der Waals surface area contributed by atoms with Crippen LogP contribution in [-0.4, -0.2) is 30.5 Å². The van der Waals surface area contributed by atoms with Gasteiger partial charge in [-0.25, -0.2) is 0 Å². The topological polar surface area (TPSA) is 3.24 Å². The Hall–Kier alpha value is 0.0449. The standard InChI is InChI=1S/C12H21BNS2.C2H6/c1-5-10(7-14(4)9-16)6-11(2)12(3,8-15)13-11;1-2/h7,9,15H,5-6,8H2,1-4H3;1-2H3/b10-7+;. The molecule has 2 atom stereocenters. The van der Waals surface area contributed by atoms with Gasteiger partial charge in [0.1, 0.15) is 7.28 Å². The lowest BCUT2D eigenvalue weighted by molar-refractivity contribution is 0.567. The van der Waals surface area contributed by atoms with E-state index in [-0.39, 0.29) is 0 Å². The molecule has 1 fully saturated rings. The van der Waals surface area contributed by atoms with Gasteiger partial charge in [0.05, 0.1) is 5.49 Å². The Kier molecular flexibility index (Phi) is 7.61. The minimum atomic E-state index is 0.306. The average Bonchev–Trinajstić information content (AvgIpc) is 2.93. The summed E-state index contributed by atoms with van der Waals surface area (Å²) in [6.45, 7) is 10.8. The van der Waals surface area contributed by atoms with Gasteiger partial charge in [-0.15, -0.1) is 0 Å². The third kappa shape index (κ3) is 4.31. The maximum atomic E-state index is 4.90. The molecule has 1 aliphatic heterocycles. The molecule has 4 heteroatoms. The summed E-state index contributed by atoms with van der Waals surface area (Å²) in [5.41, 5.74) is 3.12. The van der Waals surface area contributed by atoms with Crippen LogP contribution in [0.5, 0.6) is 0 Å². The van der Waals surface area contributed by atoms with Crippen LogP contribution in [0.3, 0.4) is 0 Å². The number of nitrogens with zero attached hydrogens (tertiary/aromatic N) is 1. The lowest BCUT2D eigenvalue weighted by Crippen LogP contribution is -2.08. The molecule has 2 unspecified atom stereocenters. The fourth-order valence-corrected chi connectivity index (χ4v) is 2.71. The van der Waals surface area contributed by atoms with Gasteiger partial charge in [0.25, 0.3) is 0 Å². The molecule has 18 heavy (non-hydrogen) atoms. The Morgan fingerprint density at radius 3 is 2.22 bits per heavy atom. The molecular weight excluding hydrogens is 257 g/mol. The van der Waals surface area contributed by atoms with Gasteiger partial charge in [0, 0.05) is 13.2 Å². The SMILES string of the molecule is CC.CC/C(=C\N(C)C=S)CC1(C)[B]C1(C)CS. The van der Waals surface area contributed by atoms with Gasteiger partial charge in [-0.1, -0.05) is 63.0 Å². The molecule has 0 aromatic carbocycles. The van der Waals surface area contributed by atoms with Gasteiger partial charge >= 0.3 is 0 Å². The first kappa shape index (κ1) is 18.0. The van der Waals surface area contributed by atoms with Gasteiger partial charge in [0.2, 0.25) is 0 Å². The van der Waals surface area contributed by atoms with E-state index < -0.39 is 0 Å². The second-order valence-electron chi connectivity index (χ2n) is 5.23. The van der Waals surface area contributed by atoms with E-state index in [2.05, 4.69) is 46.9 Å². The van der Waals surface area contributed by atoms with Crippen LogP contribution in [0, 0.1) is 0 Å². The molecule has 1 heterocycles. The molecule has 1 saturated heterocycles. The Bertz CT molecular complexity index is 306. The van der Waals surface area contributed by atoms with Crippen molar-refractivity contribution in [1.29, 1.82) is 0 Å². The summed E-state index contributed by atoms with van der Waals surface area (Å²) in [7, 11) is 4.41. The molecule has 0 spiro atoms. The molecule has 0 aliphatic carbocycles. The number of thiocarbonyl (C=S) groups is 1. The van der Waals surface area contributed by atoms with Crippen molar-refractivity contribution in [2.45, 2.75) is 58.1 Å². The van der Waals surface area contributed by atoms with Crippen molar-refractivity contribution in [3.05, 3.63) is 11.8 Å². The van der Waals surface area contributed by atoms with E-state index in [1.54, 1.807) is 5.49 Å². The van der Waals surface area contributed by atoms with Crippen LogP contribution in [0.15, 0.2) is 11.8 Å². The number of rotatable bonds is 6. The normalized spacial score (nSPS) is 29.8. The molecule has 103 valence electrons. The van der Waals surface area contributed by atoms with Crippen molar-refractivity contribution >= 4 is 37.6 Å². The molecule has 1 aliphatic rings. The van der Waals surface area contributed by atoms with Crippen LogP contribution >= 0.6 is 24.8 Å². The van der Waals surface area contributed by atoms with Crippen LogP contribution in [0.4, 0.5) is 0 Å². The molecule has 0 N–H and O–H groups in total. The molecule has 1 radical (unpaired) electrons. The van der Waals surface area contributed by atoms with Crippen LogP contribution in [-0.2, 0) is 0 Å². The Balaban J connectivity index is 0.00000137. The first-order valence-corrected chi connectivity index (χ1v) is 7.86. The highest BCUT2D eigenvalue weighted by Gasteiger charge is 2.60. The molecule has 0 aromatic heterocycles. The maximum Gasteiger partial charge on any atom is 0.126 e. The van der Waals surface area contributed by atoms with E-state index in [1.165, 1.54) is 5.57 Å². The fourth-order valence-electron chi connectivity index (χ4n) is 2.20. The van der Waals surface area contributed by atoms with E-state index in [9.17, 15) is 0 Å². The van der Waals surface area contributed by atoms with E-state index in [0.717, 1.165) is 18.6 Å². The van der Waals surface area contributed by atoms with Crippen molar-refractivity contribution in [3.8, 4) is 0 Å². The van der Waals surface area contributed by atoms with Gasteiger partial charge < -0.3 is 4.90 Å². The maximum absolute atomic E-state index is 4.90. The van der Waals surface area contributed by atoms with E-state index in [1.807, 2.05) is 25.8 Å². The average molecular weight is 284 g/mol. The van der Waals surface area contributed by atoms with E-state index in [0.29, 0.717) is 10.6 Å². The Morgan fingerprint density at radius 2 is 1.89 bits per heavy atom. The number of hydrogen-bond donors (Lipinski definition) is 1. The number of thiol groups is 1. The van der Waals surface area contributed by atoms with Crippen molar-refractivity contribution in [3.63, 3.8) is 0 Å².